The van der Waals surface area contributed by atoms with Crippen LogP contribution in [0.1, 0.15) is 15.9 Å². The van der Waals surface area contributed by atoms with Crippen molar-refractivity contribution >= 4 is 22.6 Å². The highest BCUT2D eigenvalue weighted by molar-refractivity contribution is 5.91. The fraction of sp³-hybridized carbons (Fsp3) is 0.100. The maximum Gasteiger partial charge on any atom is 0.388 e. The van der Waals surface area contributed by atoms with E-state index in [1.165, 1.54) is 0 Å². The predicted octanol–water partition coefficient (Wildman–Crippen LogP) is 1.60. The Morgan fingerprint density at radius 3 is 2.64 bits per heavy atom. The Bertz CT molecular complexity index is 930. The molecule has 0 atom stereocenters. The van der Waals surface area contributed by atoms with E-state index in [4.69, 9.17) is 15.3 Å². The Morgan fingerprint density at radius 1 is 1.04 bits per heavy atom. The Kier molecular flexibility index (Phi) is 4.95. The third kappa shape index (κ3) is 3.95. The quantitative estimate of drug-likeness (QED) is 0.321. The molecule has 0 radical (unpaired) electrons. The van der Waals surface area contributed by atoms with Crippen molar-refractivity contribution in [3.8, 4) is 5.75 Å². The first kappa shape index (κ1) is 16.5. The fourth-order valence-corrected chi connectivity index (χ4v) is 2.61. The summed E-state index contributed by atoms with van der Waals surface area (Å²) in [5.41, 5.74) is 7.42. The second-order valence-electron chi connectivity index (χ2n) is 5.56. The van der Waals surface area contributed by atoms with Gasteiger partial charge in [0.1, 0.15) is 5.75 Å². The molecule has 3 rings (SSSR count). The van der Waals surface area contributed by atoms with E-state index < -0.39 is 5.97 Å². The van der Waals surface area contributed by atoms with Crippen LogP contribution in [0, 0.1) is 0 Å². The van der Waals surface area contributed by atoms with Crippen molar-refractivity contribution in [3.05, 3.63) is 77.9 Å². The van der Waals surface area contributed by atoms with Gasteiger partial charge in [0, 0.05) is 0 Å². The second-order valence-corrected chi connectivity index (χ2v) is 5.56. The van der Waals surface area contributed by atoms with Crippen LogP contribution >= 0.6 is 0 Å². The second kappa shape index (κ2) is 7.49. The summed E-state index contributed by atoms with van der Waals surface area (Å²) in [5, 5.41) is 4.79. The van der Waals surface area contributed by atoms with E-state index in [0.29, 0.717) is 23.6 Å². The monoisotopic (exact) mass is 335 g/mol. The highest BCUT2D eigenvalue weighted by Gasteiger charge is 2.12. The maximum absolute atomic E-state index is 12.1. The third-order valence-electron chi connectivity index (χ3n) is 3.84. The van der Waals surface area contributed by atoms with Crippen molar-refractivity contribution in [2.24, 2.45) is 5.73 Å². The largest absolute Gasteiger partial charge is 0.497 e. The van der Waals surface area contributed by atoms with Gasteiger partial charge in [-0.15, -0.1) is 0 Å². The number of nitrogens with two attached hydrogens (primary N) is 1. The molecule has 0 saturated carbocycles. The number of amidine groups is 1. The molecule has 3 aromatic carbocycles. The minimum absolute atomic E-state index is 0.354. The number of hydrogen-bond donors (Lipinski definition) is 2. The van der Waals surface area contributed by atoms with E-state index in [9.17, 15) is 4.79 Å². The van der Waals surface area contributed by atoms with Gasteiger partial charge in [0.25, 0.3) is 5.84 Å². The Morgan fingerprint density at radius 2 is 1.80 bits per heavy atom. The minimum atomic E-state index is -0.528. The molecule has 0 unspecified atom stereocenters. The van der Waals surface area contributed by atoms with Gasteiger partial charge >= 0.3 is 5.97 Å². The summed E-state index contributed by atoms with van der Waals surface area (Å²) in [4.78, 5) is 17.1. The number of benzene rings is 3. The molecule has 0 bridgehead atoms. The lowest BCUT2D eigenvalue weighted by molar-refractivity contribution is -0.722. The first-order valence-electron chi connectivity index (χ1n) is 7.86. The van der Waals surface area contributed by atoms with Crippen molar-refractivity contribution in [1.82, 2.24) is 0 Å². The van der Waals surface area contributed by atoms with Crippen LogP contribution in [0.5, 0.6) is 5.75 Å². The Hall–Kier alpha value is -3.34. The summed E-state index contributed by atoms with van der Waals surface area (Å²) in [5.74, 6) is 0.412. The number of ether oxygens (including phenoxy) is 1. The van der Waals surface area contributed by atoms with Gasteiger partial charge in [0.05, 0.1) is 19.1 Å². The van der Waals surface area contributed by atoms with Gasteiger partial charge in [-0.3, -0.25) is 10.6 Å². The van der Waals surface area contributed by atoms with Gasteiger partial charge in [-0.1, -0.05) is 53.7 Å². The van der Waals surface area contributed by atoms with Gasteiger partial charge in [-0.05, 0) is 34.5 Å². The van der Waals surface area contributed by atoms with Crippen molar-refractivity contribution < 1.29 is 19.5 Å². The Balaban J connectivity index is 1.72. The van der Waals surface area contributed by atoms with Crippen molar-refractivity contribution in [3.63, 3.8) is 0 Å². The molecule has 3 aromatic rings. The summed E-state index contributed by atoms with van der Waals surface area (Å²) >= 11 is 0. The van der Waals surface area contributed by atoms with Gasteiger partial charge in [-0.25, -0.2) is 4.79 Å². The molecule has 0 aliphatic rings. The van der Waals surface area contributed by atoms with Gasteiger partial charge in [0.2, 0.25) is 0 Å². The lowest BCUT2D eigenvalue weighted by atomic mass is 10.0. The number of rotatable bonds is 5. The normalized spacial score (nSPS) is 11.3. The molecule has 0 spiro atoms. The van der Waals surface area contributed by atoms with E-state index in [1.54, 1.807) is 31.4 Å². The Labute approximate surface area is 145 Å². The van der Waals surface area contributed by atoms with Crippen molar-refractivity contribution in [2.45, 2.75) is 6.42 Å². The molecule has 0 aliphatic carbocycles. The molecule has 25 heavy (non-hydrogen) atoms. The predicted molar refractivity (Wildman–Crippen MR) is 96.2 cm³/mol. The molecule has 0 fully saturated rings. The standard InChI is InChI=1S/C20H18N2O3/c1-24-17-10-5-9-16(12-17)20(23)25-22-19(21)13-15-8-4-7-14-6-2-3-11-18(14)15/h2-12H,13H2,1H3,(H2,21,22)/p+1. The van der Waals surface area contributed by atoms with Gasteiger partial charge in [0.15, 0.2) is 0 Å². The average molecular weight is 335 g/mol. The zero-order chi connectivity index (χ0) is 17.6. The van der Waals surface area contributed by atoms with E-state index in [-0.39, 0.29) is 0 Å². The maximum atomic E-state index is 12.1. The molecular weight excluding hydrogens is 316 g/mol. The van der Waals surface area contributed by atoms with Crippen LogP contribution in [0.3, 0.4) is 0 Å². The molecular formula is C20H19N2O3+. The van der Waals surface area contributed by atoms with Crippen LogP contribution in [0.4, 0.5) is 0 Å². The zero-order valence-corrected chi connectivity index (χ0v) is 13.9. The lowest BCUT2D eigenvalue weighted by Gasteiger charge is -2.04. The molecule has 126 valence electrons. The summed E-state index contributed by atoms with van der Waals surface area (Å²) in [6.45, 7) is 0. The zero-order valence-electron chi connectivity index (χ0n) is 13.9. The first-order valence-corrected chi connectivity index (χ1v) is 7.86. The van der Waals surface area contributed by atoms with Crippen LogP contribution in [-0.4, -0.2) is 18.9 Å². The number of hydrogen-bond acceptors (Lipinski definition) is 3. The van der Waals surface area contributed by atoms with Crippen LogP contribution in [0.15, 0.2) is 66.7 Å². The number of carbonyl (C=O) groups is 1. The summed E-state index contributed by atoms with van der Waals surface area (Å²) in [6.07, 6.45) is 0.451. The number of methoxy groups -OCH3 is 1. The number of carbonyl (C=O) groups excluding carboxylic acids is 1. The van der Waals surface area contributed by atoms with Crippen molar-refractivity contribution in [1.29, 1.82) is 0 Å². The van der Waals surface area contributed by atoms with Crippen molar-refractivity contribution in [2.75, 3.05) is 7.11 Å². The van der Waals surface area contributed by atoms with E-state index in [0.717, 1.165) is 16.3 Å². The topological polar surface area (TPSA) is 75.5 Å². The fourth-order valence-electron chi connectivity index (χ4n) is 2.61. The lowest BCUT2D eigenvalue weighted by Crippen LogP contribution is -2.75. The molecule has 0 aliphatic heterocycles. The number of nitrogens with one attached hydrogen (secondary N) is 1. The number of fused-ring (bicyclic) bond motifs is 1. The summed E-state index contributed by atoms with van der Waals surface area (Å²) < 4.78 is 5.09. The highest BCUT2D eigenvalue weighted by atomic mass is 16.7. The van der Waals surface area contributed by atoms with Crippen LogP contribution in [0.2, 0.25) is 0 Å². The molecule has 0 amide bonds. The third-order valence-corrected chi connectivity index (χ3v) is 3.84. The van der Waals surface area contributed by atoms with E-state index >= 15 is 0 Å². The molecule has 3 N–H and O–H groups in total. The van der Waals surface area contributed by atoms with Crippen LogP contribution in [0.25, 0.3) is 10.8 Å². The summed E-state index contributed by atoms with van der Waals surface area (Å²) in [6, 6.07) is 20.8. The molecule has 5 nitrogen and oxygen atoms in total. The highest BCUT2D eigenvalue weighted by Crippen LogP contribution is 2.18. The van der Waals surface area contributed by atoms with Crippen LogP contribution < -0.4 is 15.6 Å². The van der Waals surface area contributed by atoms with E-state index in [1.807, 2.05) is 42.5 Å². The molecule has 5 heteroatoms. The first-order chi connectivity index (χ1) is 12.2. The smallest absolute Gasteiger partial charge is 0.388 e. The SMILES string of the molecule is COc1cccc(C(=O)O[NH+]=C(N)Cc2cccc3ccccc23)c1. The average Bonchev–Trinajstić information content (AvgIpc) is 2.66. The van der Waals surface area contributed by atoms with E-state index in [2.05, 4.69) is 5.16 Å². The minimum Gasteiger partial charge on any atom is -0.497 e. The molecule has 0 aromatic heterocycles. The molecule has 0 heterocycles. The van der Waals surface area contributed by atoms with Crippen LogP contribution in [-0.2, 0) is 11.3 Å². The van der Waals surface area contributed by atoms with Gasteiger partial charge < -0.3 is 4.74 Å². The molecule has 0 saturated heterocycles. The van der Waals surface area contributed by atoms with Gasteiger partial charge in [-0.2, -0.15) is 0 Å². The summed E-state index contributed by atoms with van der Waals surface area (Å²) in [7, 11) is 1.54.